The third-order valence-electron chi connectivity index (χ3n) is 3.32. The summed E-state index contributed by atoms with van der Waals surface area (Å²) in [7, 11) is -3.41. The van der Waals surface area contributed by atoms with Crippen molar-refractivity contribution in [3.63, 3.8) is 0 Å². The lowest BCUT2D eigenvalue weighted by Gasteiger charge is -2.20. The van der Waals surface area contributed by atoms with Gasteiger partial charge in [0.1, 0.15) is 6.04 Å². The highest BCUT2D eigenvalue weighted by atomic mass is 32.2. The number of hydrogen-bond acceptors (Lipinski definition) is 7. The fraction of sp³-hybridized carbons (Fsp3) is 0.417. The molecule has 0 aliphatic carbocycles. The molecule has 118 valence electrons. The minimum absolute atomic E-state index is 0.0336. The molecule has 2 aromatic heterocycles. The lowest BCUT2D eigenvalue weighted by molar-refractivity contribution is -0.119. The summed E-state index contributed by atoms with van der Waals surface area (Å²) in [6.45, 7) is 0.348. The topological polar surface area (TPSA) is 105 Å². The maximum absolute atomic E-state index is 12.2. The quantitative estimate of drug-likeness (QED) is 0.894. The molecule has 3 rings (SSSR count). The number of aromatic nitrogens is 2. The molecule has 0 spiro atoms. The zero-order valence-electron chi connectivity index (χ0n) is 11.7. The van der Waals surface area contributed by atoms with Crippen molar-refractivity contribution < 1.29 is 17.6 Å². The first-order chi connectivity index (χ1) is 10.4. The Hall–Kier alpha value is -1.78. The summed E-state index contributed by atoms with van der Waals surface area (Å²) in [6, 6.07) is 2.91. The van der Waals surface area contributed by atoms with Crippen LogP contribution in [0.5, 0.6) is 0 Å². The van der Waals surface area contributed by atoms with E-state index in [-0.39, 0.29) is 6.01 Å². The van der Waals surface area contributed by atoms with E-state index in [1.165, 1.54) is 15.6 Å². The van der Waals surface area contributed by atoms with Crippen molar-refractivity contribution in [3.8, 4) is 10.8 Å². The van der Waals surface area contributed by atoms with E-state index in [1.807, 2.05) is 17.5 Å². The number of rotatable bonds is 4. The van der Waals surface area contributed by atoms with E-state index in [4.69, 9.17) is 4.42 Å². The predicted octanol–water partition coefficient (Wildman–Crippen LogP) is 1.16. The van der Waals surface area contributed by atoms with E-state index in [1.54, 1.807) is 0 Å². The molecule has 1 N–H and O–H groups in total. The van der Waals surface area contributed by atoms with Gasteiger partial charge in [-0.25, -0.2) is 8.42 Å². The SMILES string of the molecule is CS(=O)(=O)N1CCC[C@H]1C(=O)Nc1nnc(-c2cccs2)o1. The maximum atomic E-state index is 12.2. The summed E-state index contributed by atoms with van der Waals surface area (Å²) in [5.41, 5.74) is 0. The van der Waals surface area contributed by atoms with Gasteiger partial charge in [0, 0.05) is 6.54 Å². The van der Waals surface area contributed by atoms with Gasteiger partial charge in [-0.2, -0.15) is 4.31 Å². The number of hydrogen-bond donors (Lipinski definition) is 1. The van der Waals surface area contributed by atoms with Crippen molar-refractivity contribution >= 4 is 33.3 Å². The van der Waals surface area contributed by atoms with Gasteiger partial charge in [0.15, 0.2) is 0 Å². The molecule has 2 aromatic rings. The summed E-state index contributed by atoms with van der Waals surface area (Å²) in [5, 5.41) is 12.0. The van der Waals surface area contributed by atoms with Gasteiger partial charge in [-0.15, -0.1) is 16.4 Å². The molecule has 0 radical (unpaired) electrons. The van der Waals surface area contributed by atoms with Crippen LogP contribution in [0, 0.1) is 0 Å². The van der Waals surface area contributed by atoms with Crippen LogP contribution in [0.1, 0.15) is 12.8 Å². The Labute approximate surface area is 131 Å². The van der Waals surface area contributed by atoms with E-state index in [0.29, 0.717) is 25.3 Å². The van der Waals surface area contributed by atoms with Gasteiger partial charge in [-0.1, -0.05) is 11.2 Å². The first kappa shape index (κ1) is 15.1. The number of anilines is 1. The van der Waals surface area contributed by atoms with Crippen LogP contribution < -0.4 is 5.32 Å². The maximum Gasteiger partial charge on any atom is 0.322 e. The van der Waals surface area contributed by atoms with Crippen molar-refractivity contribution in [1.29, 1.82) is 0 Å². The van der Waals surface area contributed by atoms with Gasteiger partial charge in [0.25, 0.3) is 5.89 Å². The molecule has 8 nitrogen and oxygen atoms in total. The van der Waals surface area contributed by atoms with Crippen molar-refractivity contribution in [1.82, 2.24) is 14.5 Å². The Morgan fingerprint density at radius 2 is 2.32 bits per heavy atom. The number of carbonyl (C=O) groups is 1. The Kier molecular flexibility index (Phi) is 3.98. The van der Waals surface area contributed by atoms with Crippen LogP contribution in [0.15, 0.2) is 21.9 Å². The zero-order valence-corrected chi connectivity index (χ0v) is 13.4. The normalized spacial score (nSPS) is 19.4. The van der Waals surface area contributed by atoms with Crippen LogP contribution in [-0.4, -0.2) is 47.7 Å². The third kappa shape index (κ3) is 3.03. The van der Waals surface area contributed by atoms with Gasteiger partial charge in [0.2, 0.25) is 15.9 Å². The highest BCUT2D eigenvalue weighted by molar-refractivity contribution is 7.88. The molecule has 3 heterocycles. The second-order valence-corrected chi connectivity index (χ2v) is 7.79. The highest BCUT2D eigenvalue weighted by Crippen LogP contribution is 2.25. The number of carbonyl (C=O) groups excluding carboxylic acids is 1. The summed E-state index contributed by atoms with van der Waals surface area (Å²) < 4.78 is 29.9. The standard InChI is InChI=1S/C12H14N4O4S2/c1-22(18,19)16-6-2-4-8(16)10(17)13-12-15-14-11(20-12)9-5-3-7-21-9/h3,5,7-8H,2,4,6H2,1H3,(H,13,15,17)/t8-/m0/s1. The molecular weight excluding hydrogens is 328 g/mol. The molecule has 1 aliphatic rings. The molecule has 1 atom stereocenters. The Morgan fingerprint density at radius 1 is 1.50 bits per heavy atom. The van der Waals surface area contributed by atoms with Crippen LogP contribution in [0.3, 0.4) is 0 Å². The molecule has 0 saturated carbocycles. The average molecular weight is 342 g/mol. The molecule has 0 aromatic carbocycles. The molecule has 0 unspecified atom stereocenters. The largest absolute Gasteiger partial charge is 0.402 e. The average Bonchev–Trinajstić information content (AvgIpc) is 3.19. The number of nitrogens with one attached hydrogen (secondary N) is 1. The Morgan fingerprint density at radius 3 is 3.00 bits per heavy atom. The lowest BCUT2D eigenvalue weighted by Crippen LogP contribution is -2.42. The third-order valence-corrected chi connectivity index (χ3v) is 5.47. The van der Waals surface area contributed by atoms with Crippen molar-refractivity contribution in [2.24, 2.45) is 0 Å². The van der Waals surface area contributed by atoms with Gasteiger partial charge in [-0.3, -0.25) is 10.1 Å². The van der Waals surface area contributed by atoms with E-state index in [9.17, 15) is 13.2 Å². The fourth-order valence-corrected chi connectivity index (χ4v) is 4.13. The molecule has 1 saturated heterocycles. The van der Waals surface area contributed by atoms with Crippen molar-refractivity contribution in [2.75, 3.05) is 18.1 Å². The molecule has 1 amide bonds. The molecule has 22 heavy (non-hydrogen) atoms. The minimum Gasteiger partial charge on any atom is -0.402 e. The second kappa shape index (κ2) is 5.78. The van der Waals surface area contributed by atoms with Crippen LogP contribution in [0.2, 0.25) is 0 Å². The number of sulfonamides is 1. The summed E-state index contributed by atoms with van der Waals surface area (Å²) in [5.74, 6) is -0.138. The molecule has 10 heteroatoms. The number of nitrogens with zero attached hydrogens (tertiary/aromatic N) is 3. The first-order valence-electron chi connectivity index (χ1n) is 6.60. The zero-order chi connectivity index (χ0) is 15.7. The van der Waals surface area contributed by atoms with E-state index >= 15 is 0 Å². The summed E-state index contributed by atoms with van der Waals surface area (Å²) in [4.78, 5) is 13.0. The molecule has 1 aliphatic heterocycles. The smallest absolute Gasteiger partial charge is 0.322 e. The Bertz CT molecular complexity index is 769. The predicted molar refractivity (Wildman–Crippen MR) is 80.8 cm³/mol. The van der Waals surface area contributed by atoms with Crippen LogP contribution >= 0.6 is 11.3 Å². The summed E-state index contributed by atoms with van der Waals surface area (Å²) >= 11 is 1.44. The number of amides is 1. The van der Waals surface area contributed by atoms with Crippen molar-refractivity contribution in [3.05, 3.63) is 17.5 Å². The van der Waals surface area contributed by atoms with Gasteiger partial charge >= 0.3 is 6.01 Å². The van der Waals surface area contributed by atoms with Crippen LogP contribution in [-0.2, 0) is 14.8 Å². The van der Waals surface area contributed by atoms with Crippen LogP contribution in [0.4, 0.5) is 6.01 Å². The highest BCUT2D eigenvalue weighted by Gasteiger charge is 2.36. The van der Waals surface area contributed by atoms with Gasteiger partial charge < -0.3 is 4.42 Å². The van der Waals surface area contributed by atoms with Gasteiger partial charge in [0.05, 0.1) is 11.1 Å². The van der Waals surface area contributed by atoms with Crippen LogP contribution in [0.25, 0.3) is 10.8 Å². The lowest BCUT2D eigenvalue weighted by atomic mass is 10.2. The van der Waals surface area contributed by atoms with E-state index in [0.717, 1.165) is 11.1 Å². The van der Waals surface area contributed by atoms with Crippen molar-refractivity contribution in [2.45, 2.75) is 18.9 Å². The van der Waals surface area contributed by atoms with E-state index < -0.39 is 22.0 Å². The first-order valence-corrected chi connectivity index (χ1v) is 9.33. The monoisotopic (exact) mass is 342 g/mol. The molecule has 1 fully saturated rings. The molecular formula is C12H14N4O4S2. The van der Waals surface area contributed by atoms with E-state index in [2.05, 4.69) is 15.5 Å². The summed E-state index contributed by atoms with van der Waals surface area (Å²) in [6.07, 6.45) is 2.22. The second-order valence-electron chi connectivity index (χ2n) is 4.91. The Balaban J connectivity index is 1.72. The van der Waals surface area contributed by atoms with Gasteiger partial charge in [-0.05, 0) is 24.3 Å². The number of thiophene rings is 1. The minimum atomic E-state index is -3.41. The fourth-order valence-electron chi connectivity index (χ4n) is 2.36. The molecule has 0 bridgehead atoms.